The minimum Gasteiger partial charge on any atom is -0.380 e. The van der Waals surface area contributed by atoms with Crippen molar-refractivity contribution in [2.24, 2.45) is 0 Å². The zero-order valence-corrected chi connectivity index (χ0v) is 14.5. The molecule has 0 saturated carbocycles. The minimum atomic E-state index is 0.123. The maximum atomic E-state index is 5.44. The van der Waals surface area contributed by atoms with Gasteiger partial charge < -0.3 is 15.0 Å². The first-order chi connectivity index (χ1) is 9.87. The van der Waals surface area contributed by atoms with Gasteiger partial charge in [-0.1, -0.05) is 6.07 Å². The highest BCUT2D eigenvalue weighted by molar-refractivity contribution is 5.41. The first kappa shape index (κ1) is 17.9. The molecule has 0 amide bonds. The van der Waals surface area contributed by atoms with Gasteiger partial charge in [0, 0.05) is 37.5 Å². The van der Waals surface area contributed by atoms with Gasteiger partial charge in [0.25, 0.3) is 0 Å². The number of likely N-dealkylation sites (N-methyl/N-ethyl adjacent to an activating group) is 1. The summed E-state index contributed by atoms with van der Waals surface area (Å²) in [7, 11) is 0. The van der Waals surface area contributed by atoms with Gasteiger partial charge in [0.2, 0.25) is 0 Å². The van der Waals surface area contributed by atoms with E-state index in [1.807, 2.05) is 6.92 Å². The van der Waals surface area contributed by atoms with E-state index < -0.39 is 0 Å². The number of nitrogens with zero attached hydrogens (tertiary/aromatic N) is 2. The van der Waals surface area contributed by atoms with Crippen molar-refractivity contribution in [1.29, 1.82) is 0 Å². The number of aromatic nitrogens is 1. The van der Waals surface area contributed by atoms with E-state index in [-0.39, 0.29) is 5.54 Å². The van der Waals surface area contributed by atoms with Crippen LogP contribution in [0, 0.1) is 6.92 Å². The van der Waals surface area contributed by atoms with Gasteiger partial charge in [-0.15, -0.1) is 0 Å². The summed E-state index contributed by atoms with van der Waals surface area (Å²) in [6.45, 7) is 17.0. The molecule has 0 unspecified atom stereocenters. The van der Waals surface area contributed by atoms with E-state index in [1.54, 1.807) is 0 Å². The lowest BCUT2D eigenvalue weighted by atomic mass is 10.1. The largest absolute Gasteiger partial charge is 0.380 e. The van der Waals surface area contributed by atoms with E-state index in [0.29, 0.717) is 0 Å². The molecule has 0 saturated heterocycles. The number of pyridine rings is 1. The summed E-state index contributed by atoms with van der Waals surface area (Å²) >= 11 is 0. The molecule has 21 heavy (non-hydrogen) atoms. The minimum absolute atomic E-state index is 0.123. The molecule has 4 heteroatoms. The van der Waals surface area contributed by atoms with Crippen molar-refractivity contribution in [3.8, 4) is 0 Å². The highest BCUT2D eigenvalue weighted by Gasteiger charge is 2.11. The van der Waals surface area contributed by atoms with E-state index in [1.165, 1.54) is 5.56 Å². The van der Waals surface area contributed by atoms with Crippen LogP contribution in [0.1, 0.15) is 45.9 Å². The van der Waals surface area contributed by atoms with E-state index in [2.05, 4.69) is 57.0 Å². The van der Waals surface area contributed by atoms with Crippen LogP contribution in [0.15, 0.2) is 12.1 Å². The van der Waals surface area contributed by atoms with Crippen molar-refractivity contribution in [2.75, 3.05) is 31.2 Å². The third-order valence-corrected chi connectivity index (χ3v) is 3.41. The highest BCUT2D eigenvalue weighted by atomic mass is 16.5. The molecule has 0 aliphatic carbocycles. The lowest BCUT2D eigenvalue weighted by Gasteiger charge is -2.24. The van der Waals surface area contributed by atoms with Crippen LogP contribution in [0.5, 0.6) is 0 Å². The van der Waals surface area contributed by atoms with Gasteiger partial charge in [0.05, 0.1) is 6.61 Å². The third-order valence-electron chi connectivity index (χ3n) is 3.41. The van der Waals surface area contributed by atoms with Gasteiger partial charge in [-0.3, -0.25) is 0 Å². The highest BCUT2D eigenvalue weighted by Crippen LogP contribution is 2.15. The van der Waals surface area contributed by atoms with Crippen molar-refractivity contribution in [3.05, 3.63) is 23.4 Å². The molecule has 1 aromatic heterocycles. The van der Waals surface area contributed by atoms with E-state index in [4.69, 9.17) is 9.72 Å². The Morgan fingerprint density at radius 1 is 1.24 bits per heavy atom. The molecule has 0 aliphatic heterocycles. The Kier molecular flexibility index (Phi) is 7.12. The Labute approximate surface area is 129 Å². The Morgan fingerprint density at radius 3 is 2.48 bits per heavy atom. The van der Waals surface area contributed by atoms with Gasteiger partial charge >= 0.3 is 0 Å². The lowest BCUT2D eigenvalue weighted by Crippen LogP contribution is -2.35. The fourth-order valence-corrected chi connectivity index (χ4v) is 2.05. The molecule has 1 rings (SSSR count). The lowest BCUT2D eigenvalue weighted by molar-refractivity contribution is 0.154. The standard InChI is InChI=1S/C17H31N3O/c1-7-20(11-12-21-8-2)16-10-9-15(14(3)19-16)13-18-17(4,5)6/h9-10,18H,7-8,11-13H2,1-6H3. The topological polar surface area (TPSA) is 37.4 Å². The van der Waals surface area contributed by atoms with Crippen LogP contribution >= 0.6 is 0 Å². The number of nitrogens with one attached hydrogen (secondary N) is 1. The van der Waals surface area contributed by atoms with Gasteiger partial charge in [-0.05, 0) is 53.2 Å². The molecule has 0 bridgehead atoms. The molecule has 4 nitrogen and oxygen atoms in total. The van der Waals surface area contributed by atoms with Crippen LogP contribution in [0.4, 0.5) is 5.82 Å². The first-order valence-corrected chi connectivity index (χ1v) is 7.91. The number of rotatable bonds is 8. The quantitative estimate of drug-likeness (QED) is 0.747. The predicted molar refractivity (Wildman–Crippen MR) is 89.9 cm³/mol. The maximum absolute atomic E-state index is 5.44. The second-order valence-electron chi connectivity index (χ2n) is 6.29. The summed E-state index contributed by atoms with van der Waals surface area (Å²) < 4.78 is 5.44. The molecule has 120 valence electrons. The van der Waals surface area contributed by atoms with Crippen molar-refractivity contribution in [1.82, 2.24) is 10.3 Å². The van der Waals surface area contributed by atoms with E-state index >= 15 is 0 Å². The third kappa shape index (κ3) is 6.44. The van der Waals surface area contributed by atoms with Crippen molar-refractivity contribution in [3.63, 3.8) is 0 Å². The van der Waals surface area contributed by atoms with Crippen LogP contribution in [0.3, 0.4) is 0 Å². The summed E-state index contributed by atoms with van der Waals surface area (Å²) in [6, 6.07) is 4.29. The zero-order valence-electron chi connectivity index (χ0n) is 14.5. The van der Waals surface area contributed by atoms with Crippen LogP contribution in [0.2, 0.25) is 0 Å². The Balaban J connectivity index is 2.71. The normalized spacial score (nSPS) is 11.7. The summed E-state index contributed by atoms with van der Waals surface area (Å²) in [5.41, 5.74) is 2.48. The second kappa shape index (κ2) is 8.35. The molecule has 0 spiro atoms. The molecule has 0 radical (unpaired) electrons. The predicted octanol–water partition coefficient (Wildman–Crippen LogP) is 3.14. The van der Waals surface area contributed by atoms with Crippen molar-refractivity contribution < 1.29 is 4.74 Å². The summed E-state index contributed by atoms with van der Waals surface area (Å²) in [5, 5.41) is 3.51. The average molecular weight is 293 g/mol. The molecule has 1 aromatic rings. The summed E-state index contributed by atoms with van der Waals surface area (Å²) in [6.07, 6.45) is 0. The molecular weight excluding hydrogens is 262 g/mol. The van der Waals surface area contributed by atoms with Gasteiger partial charge in [0.1, 0.15) is 5.82 Å². The fraction of sp³-hybridized carbons (Fsp3) is 0.706. The number of ether oxygens (including phenoxy) is 1. The molecule has 0 aromatic carbocycles. The Morgan fingerprint density at radius 2 is 1.95 bits per heavy atom. The molecule has 0 aliphatic rings. The van der Waals surface area contributed by atoms with Crippen LogP contribution in [0.25, 0.3) is 0 Å². The molecule has 1 N–H and O–H groups in total. The molecular formula is C17H31N3O. The first-order valence-electron chi connectivity index (χ1n) is 7.91. The second-order valence-corrected chi connectivity index (χ2v) is 6.29. The number of hydrogen-bond acceptors (Lipinski definition) is 4. The molecule has 0 atom stereocenters. The maximum Gasteiger partial charge on any atom is 0.128 e. The molecule has 0 fully saturated rings. The van der Waals surface area contributed by atoms with Gasteiger partial charge in [0.15, 0.2) is 0 Å². The SMILES string of the molecule is CCOCCN(CC)c1ccc(CNC(C)(C)C)c(C)n1. The zero-order chi connectivity index (χ0) is 15.9. The van der Waals surface area contributed by atoms with Crippen LogP contribution < -0.4 is 10.2 Å². The number of hydrogen-bond donors (Lipinski definition) is 1. The van der Waals surface area contributed by atoms with Gasteiger partial charge in [-0.2, -0.15) is 0 Å². The van der Waals surface area contributed by atoms with E-state index in [9.17, 15) is 0 Å². The van der Waals surface area contributed by atoms with Crippen LogP contribution in [-0.4, -0.2) is 36.8 Å². The molecule has 1 heterocycles. The van der Waals surface area contributed by atoms with Crippen LogP contribution in [-0.2, 0) is 11.3 Å². The monoisotopic (exact) mass is 293 g/mol. The number of aryl methyl sites for hydroxylation is 1. The smallest absolute Gasteiger partial charge is 0.128 e. The van der Waals surface area contributed by atoms with Crippen molar-refractivity contribution >= 4 is 5.82 Å². The Bertz CT molecular complexity index is 427. The fourth-order valence-electron chi connectivity index (χ4n) is 2.05. The number of anilines is 1. The van der Waals surface area contributed by atoms with Gasteiger partial charge in [-0.25, -0.2) is 4.98 Å². The summed E-state index contributed by atoms with van der Waals surface area (Å²) in [5.74, 6) is 1.04. The van der Waals surface area contributed by atoms with E-state index in [0.717, 1.165) is 44.4 Å². The van der Waals surface area contributed by atoms with Crippen molar-refractivity contribution in [2.45, 2.75) is 53.6 Å². The summed E-state index contributed by atoms with van der Waals surface area (Å²) in [4.78, 5) is 7.01. The average Bonchev–Trinajstić information content (AvgIpc) is 2.41. The Hall–Kier alpha value is -1.13.